The Hall–Kier alpha value is -2.65. The van der Waals surface area contributed by atoms with Crippen molar-refractivity contribution in [3.8, 4) is 5.75 Å². The van der Waals surface area contributed by atoms with Gasteiger partial charge in [-0.05, 0) is 48.8 Å². The number of pyridine rings is 1. The molecular weight excluding hydrogens is 557 g/mol. The molecule has 1 aromatic heterocycles. The van der Waals surface area contributed by atoms with Gasteiger partial charge in [0.25, 0.3) is 0 Å². The van der Waals surface area contributed by atoms with Crippen molar-refractivity contribution in [3.63, 3.8) is 0 Å². The molecule has 2 aliphatic rings. The molecule has 1 spiro atoms. The molecule has 10 heteroatoms. The van der Waals surface area contributed by atoms with E-state index in [0.29, 0.717) is 33.1 Å². The maximum Gasteiger partial charge on any atom is 0.404 e. The van der Waals surface area contributed by atoms with Crippen molar-refractivity contribution in [1.29, 1.82) is 0 Å². The zero-order valence-electron chi connectivity index (χ0n) is 21.4. The number of carboxylic acid groups (broad SMARTS) is 1. The van der Waals surface area contributed by atoms with Gasteiger partial charge in [0.2, 0.25) is 0 Å². The molecule has 1 saturated heterocycles. The molecule has 2 fully saturated rings. The van der Waals surface area contributed by atoms with Crippen molar-refractivity contribution in [2.75, 3.05) is 18.0 Å². The minimum atomic E-state index is -0.955. The molecule has 3 N–H and O–H groups in total. The first-order chi connectivity index (χ1) is 18.9. The summed E-state index contributed by atoms with van der Waals surface area (Å²) in [7, 11) is 0. The molecule has 0 bridgehead atoms. The van der Waals surface area contributed by atoms with Crippen molar-refractivity contribution in [2.45, 2.75) is 61.3 Å². The Bertz CT molecular complexity index is 1320. The van der Waals surface area contributed by atoms with Gasteiger partial charge in [0.15, 0.2) is 5.75 Å². The second kappa shape index (κ2) is 12.3. The van der Waals surface area contributed by atoms with Crippen LogP contribution in [0.15, 0.2) is 64.5 Å². The largest absolute Gasteiger partial charge is 0.486 e. The van der Waals surface area contributed by atoms with Crippen molar-refractivity contribution in [3.05, 3.63) is 75.9 Å². The van der Waals surface area contributed by atoms with Gasteiger partial charge in [-0.2, -0.15) is 0 Å². The molecule has 3 aromatic rings. The van der Waals surface area contributed by atoms with Crippen LogP contribution >= 0.6 is 35.0 Å². The van der Waals surface area contributed by atoms with Crippen LogP contribution in [0.4, 0.5) is 10.5 Å². The van der Waals surface area contributed by atoms with E-state index >= 15 is 0 Å². The van der Waals surface area contributed by atoms with Crippen molar-refractivity contribution in [2.24, 2.45) is 5.41 Å². The molecular formula is C29H31Cl2N3O4S. The normalized spacial score (nSPS) is 18.3. The van der Waals surface area contributed by atoms with Gasteiger partial charge >= 0.3 is 6.09 Å². The van der Waals surface area contributed by atoms with Crippen LogP contribution in [-0.2, 0) is 13.2 Å². The van der Waals surface area contributed by atoms with Crippen LogP contribution in [0, 0.1) is 5.41 Å². The first kappa shape index (κ1) is 27.9. The molecule has 1 aliphatic carbocycles. The summed E-state index contributed by atoms with van der Waals surface area (Å²) in [5, 5.41) is 23.9. The zero-order chi connectivity index (χ0) is 27.4. The molecule has 1 atom stereocenters. The number of halogens is 2. The number of anilines is 1. The van der Waals surface area contributed by atoms with Gasteiger partial charge in [-0.3, -0.25) is 0 Å². The summed E-state index contributed by atoms with van der Waals surface area (Å²) in [6.45, 7) is 1.63. The first-order valence-corrected chi connectivity index (χ1v) is 14.6. The highest BCUT2D eigenvalue weighted by molar-refractivity contribution is 7.99. The average Bonchev–Trinajstić information content (AvgIpc) is 3.31. The number of carbonyl (C=O) groups is 1. The van der Waals surface area contributed by atoms with Crippen molar-refractivity contribution >= 4 is 46.7 Å². The number of hydrogen-bond acceptors (Lipinski definition) is 6. The lowest BCUT2D eigenvalue weighted by Crippen LogP contribution is -2.50. The lowest BCUT2D eigenvalue weighted by molar-refractivity contribution is 0.149. The molecule has 39 heavy (non-hydrogen) atoms. The SMILES string of the molecule is O=C(O)NC1CCCC12CCN(c1cc(OCc3ccccc3)c(Sc3cccc(Cl)c3Cl)nc1CO)CC2. The van der Waals surface area contributed by atoms with E-state index in [4.69, 9.17) is 32.9 Å². The van der Waals surface area contributed by atoms with Gasteiger partial charge in [0.05, 0.1) is 28.0 Å². The molecule has 7 nitrogen and oxygen atoms in total. The van der Waals surface area contributed by atoms with E-state index in [9.17, 15) is 15.0 Å². The fourth-order valence-corrected chi connectivity index (χ4v) is 7.18. The van der Waals surface area contributed by atoms with E-state index in [2.05, 4.69) is 10.2 Å². The molecule has 0 radical (unpaired) electrons. The van der Waals surface area contributed by atoms with Crippen LogP contribution in [-0.4, -0.2) is 40.4 Å². The highest BCUT2D eigenvalue weighted by Gasteiger charge is 2.45. The Morgan fingerprint density at radius 1 is 1.13 bits per heavy atom. The molecule has 206 valence electrons. The van der Waals surface area contributed by atoms with E-state index in [0.717, 1.165) is 61.3 Å². The van der Waals surface area contributed by atoms with Gasteiger partial charge in [0, 0.05) is 30.1 Å². The number of hydrogen-bond donors (Lipinski definition) is 3. The lowest BCUT2D eigenvalue weighted by atomic mass is 9.74. The highest BCUT2D eigenvalue weighted by atomic mass is 35.5. The molecule has 1 saturated carbocycles. The third kappa shape index (κ3) is 6.24. The number of piperidine rings is 1. The zero-order valence-corrected chi connectivity index (χ0v) is 23.7. The monoisotopic (exact) mass is 587 g/mol. The third-order valence-corrected chi connectivity index (χ3v) is 9.80. The fraction of sp³-hybridized carbons (Fsp3) is 0.379. The summed E-state index contributed by atoms with van der Waals surface area (Å²) in [5.74, 6) is 0.596. The Morgan fingerprint density at radius 2 is 1.90 bits per heavy atom. The number of aliphatic hydroxyl groups is 1. The minimum absolute atomic E-state index is 0.0152. The smallest absolute Gasteiger partial charge is 0.404 e. The van der Waals surface area contributed by atoms with Crippen LogP contribution in [0.3, 0.4) is 0 Å². The number of benzene rings is 2. The molecule has 1 amide bonds. The van der Waals surface area contributed by atoms with E-state index in [1.54, 1.807) is 6.07 Å². The molecule has 2 aromatic carbocycles. The highest BCUT2D eigenvalue weighted by Crippen LogP contribution is 2.48. The number of aromatic nitrogens is 1. The predicted molar refractivity (Wildman–Crippen MR) is 154 cm³/mol. The Morgan fingerprint density at radius 3 is 2.62 bits per heavy atom. The number of rotatable bonds is 8. The van der Waals surface area contributed by atoms with Crippen LogP contribution in [0.2, 0.25) is 10.0 Å². The molecule has 1 aliphatic heterocycles. The molecule has 1 unspecified atom stereocenters. The average molecular weight is 589 g/mol. The summed E-state index contributed by atoms with van der Waals surface area (Å²) in [6, 6.07) is 17.3. The lowest BCUT2D eigenvalue weighted by Gasteiger charge is -2.44. The van der Waals surface area contributed by atoms with E-state index in [-0.39, 0.29) is 18.1 Å². The standard InChI is InChI=1S/C29H31Cl2N3O4S/c30-20-8-4-9-24(26(20)31)39-27-23(38-18-19-6-2-1-3-7-19)16-22(21(17-35)32-27)34-14-12-29(13-15-34)11-5-10-25(29)33-28(36)37/h1-4,6-9,16,25,33,35H,5,10-15,17-18H2,(H,36,37). The maximum absolute atomic E-state index is 11.4. The third-order valence-electron chi connectivity index (χ3n) is 7.82. The quantitative estimate of drug-likeness (QED) is 0.260. The summed E-state index contributed by atoms with van der Waals surface area (Å²) < 4.78 is 6.31. The first-order valence-electron chi connectivity index (χ1n) is 13.1. The van der Waals surface area contributed by atoms with Crippen LogP contribution in [0.5, 0.6) is 5.75 Å². The van der Waals surface area contributed by atoms with Gasteiger partial charge in [-0.1, -0.05) is 77.8 Å². The second-order valence-electron chi connectivity index (χ2n) is 10.1. The second-order valence-corrected chi connectivity index (χ2v) is 11.9. The molecule has 5 rings (SSSR count). The van der Waals surface area contributed by atoms with Gasteiger partial charge < -0.3 is 25.2 Å². The summed E-state index contributed by atoms with van der Waals surface area (Å²) in [5.41, 5.74) is 2.40. The van der Waals surface area contributed by atoms with Crippen molar-refractivity contribution in [1.82, 2.24) is 10.3 Å². The topological polar surface area (TPSA) is 94.9 Å². The molecule has 2 heterocycles. The number of amides is 1. The van der Waals surface area contributed by atoms with Gasteiger partial charge in [-0.25, -0.2) is 9.78 Å². The van der Waals surface area contributed by atoms with E-state index in [1.165, 1.54) is 11.8 Å². The van der Waals surface area contributed by atoms with Crippen LogP contribution < -0.4 is 15.0 Å². The van der Waals surface area contributed by atoms with Crippen LogP contribution in [0.25, 0.3) is 0 Å². The summed E-state index contributed by atoms with van der Waals surface area (Å²) in [4.78, 5) is 19.2. The summed E-state index contributed by atoms with van der Waals surface area (Å²) in [6.07, 6.45) is 3.73. The number of ether oxygens (including phenoxy) is 1. The number of nitrogens with one attached hydrogen (secondary N) is 1. The fourth-order valence-electron chi connectivity index (χ4n) is 5.78. The predicted octanol–water partition coefficient (Wildman–Crippen LogP) is 7.02. The van der Waals surface area contributed by atoms with Crippen molar-refractivity contribution < 1.29 is 19.7 Å². The summed E-state index contributed by atoms with van der Waals surface area (Å²) >= 11 is 14.1. The minimum Gasteiger partial charge on any atom is -0.486 e. The number of aliphatic hydroxyl groups excluding tert-OH is 1. The van der Waals surface area contributed by atoms with E-state index in [1.807, 2.05) is 48.5 Å². The van der Waals surface area contributed by atoms with E-state index < -0.39 is 6.09 Å². The van der Waals surface area contributed by atoms with Gasteiger partial charge in [0.1, 0.15) is 11.6 Å². The number of nitrogens with zero attached hydrogens (tertiary/aromatic N) is 2. The van der Waals surface area contributed by atoms with Gasteiger partial charge in [-0.15, -0.1) is 0 Å². The Labute approximate surface area is 242 Å². The Kier molecular flexibility index (Phi) is 8.76. The van der Waals surface area contributed by atoms with Crippen LogP contribution in [0.1, 0.15) is 43.4 Å². The Balaban J connectivity index is 1.43. The maximum atomic E-state index is 11.4.